The normalized spacial score (nSPS) is 19.9. The summed E-state index contributed by atoms with van der Waals surface area (Å²) in [5.74, 6) is 0.0709. The summed E-state index contributed by atoms with van der Waals surface area (Å²) in [5, 5.41) is 0. The third-order valence-electron chi connectivity index (χ3n) is 3.22. The summed E-state index contributed by atoms with van der Waals surface area (Å²) in [4.78, 5) is 0. The number of alkyl halides is 1. The molecule has 20 heavy (non-hydrogen) atoms. The molecule has 1 aliphatic heterocycles. The number of hydrogen-bond donors (Lipinski definition) is 0. The quantitative estimate of drug-likeness (QED) is 0.768. The Morgan fingerprint density at radius 3 is 2.05 bits per heavy atom. The second-order valence-electron chi connectivity index (χ2n) is 4.76. The van der Waals surface area contributed by atoms with E-state index in [0.29, 0.717) is 11.4 Å². The predicted octanol–water partition coefficient (Wildman–Crippen LogP) is 0.986. The van der Waals surface area contributed by atoms with Gasteiger partial charge in [0.25, 0.3) is 0 Å². The molecular formula is C12H16ClNO4S2. The van der Waals surface area contributed by atoms with Crippen molar-refractivity contribution in [2.24, 2.45) is 0 Å². The smallest absolute Gasteiger partial charge is 0.218 e. The molecule has 0 atom stereocenters. The first kappa shape index (κ1) is 15.8. The van der Waals surface area contributed by atoms with Gasteiger partial charge in [0.2, 0.25) is 10.0 Å². The van der Waals surface area contributed by atoms with Crippen LogP contribution in [0.25, 0.3) is 0 Å². The van der Waals surface area contributed by atoms with Crippen LogP contribution in [0.15, 0.2) is 24.3 Å². The van der Waals surface area contributed by atoms with Crippen LogP contribution in [0.5, 0.6) is 0 Å². The molecule has 0 saturated carbocycles. The number of nitrogens with zero attached hydrogens (tertiary/aromatic N) is 1. The van der Waals surface area contributed by atoms with Gasteiger partial charge < -0.3 is 0 Å². The molecule has 0 amide bonds. The predicted molar refractivity (Wildman–Crippen MR) is 78.8 cm³/mol. The Bertz CT molecular complexity index is 654. The average Bonchev–Trinajstić information content (AvgIpc) is 2.38. The van der Waals surface area contributed by atoms with Crippen LogP contribution in [-0.4, -0.2) is 45.7 Å². The largest absolute Gasteiger partial charge is 0.229 e. The lowest BCUT2D eigenvalue weighted by molar-refractivity contribution is 0.430. The van der Waals surface area contributed by atoms with Crippen LogP contribution >= 0.6 is 11.6 Å². The van der Waals surface area contributed by atoms with E-state index in [9.17, 15) is 16.8 Å². The summed E-state index contributed by atoms with van der Waals surface area (Å²) >= 11 is 5.68. The molecule has 1 saturated heterocycles. The molecule has 112 valence electrons. The first-order valence-corrected chi connectivity index (χ1v) is 10.1. The molecule has 1 heterocycles. The van der Waals surface area contributed by atoms with Gasteiger partial charge in [-0.25, -0.2) is 16.8 Å². The van der Waals surface area contributed by atoms with Gasteiger partial charge in [-0.2, -0.15) is 4.31 Å². The molecule has 8 heteroatoms. The summed E-state index contributed by atoms with van der Waals surface area (Å²) in [6, 6.07) is 7.04. The summed E-state index contributed by atoms with van der Waals surface area (Å²) < 4.78 is 48.3. The highest BCUT2D eigenvalue weighted by molar-refractivity contribution is 7.92. The maximum atomic E-state index is 12.2. The standard InChI is InChI=1S/C12H16ClNO4S2/c13-9-11-1-3-12(4-2-11)10-20(17,18)14-5-7-19(15,16)8-6-14/h1-4H,5-10H2. The maximum Gasteiger partial charge on any atom is 0.218 e. The maximum absolute atomic E-state index is 12.2. The van der Waals surface area contributed by atoms with E-state index in [1.165, 1.54) is 4.31 Å². The van der Waals surface area contributed by atoms with Crippen molar-refractivity contribution < 1.29 is 16.8 Å². The SMILES string of the molecule is O=S1(=O)CCN(S(=O)(=O)Cc2ccc(CCl)cc2)CC1. The lowest BCUT2D eigenvalue weighted by Crippen LogP contribution is -2.44. The Morgan fingerprint density at radius 1 is 1.05 bits per heavy atom. The van der Waals surface area contributed by atoms with Crippen molar-refractivity contribution in [1.82, 2.24) is 4.31 Å². The van der Waals surface area contributed by atoms with Crippen molar-refractivity contribution in [3.63, 3.8) is 0 Å². The van der Waals surface area contributed by atoms with Crippen LogP contribution in [0.1, 0.15) is 11.1 Å². The molecule has 2 rings (SSSR count). The van der Waals surface area contributed by atoms with E-state index in [-0.39, 0.29) is 30.3 Å². The lowest BCUT2D eigenvalue weighted by Gasteiger charge is -2.25. The number of sulfonamides is 1. The summed E-state index contributed by atoms with van der Waals surface area (Å²) in [6.07, 6.45) is 0. The Morgan fingerprint density at radius 2 is 1.55 bits per heavy atom. The Balaban J connectivity index is 2.07. The first-order valence-electron chi connectivity index (χ1n) is 6.14. The van der Waals surface area contributed by atoms with Gasteiger partial charge in [-0.3, -0.25) is 0 Å². The lowest BCUT2D eigenvalue weighted by atomic mass is 10.2. The van der Waals surface area contributed by atoms with Crippen molar-refractivity contribution in [2.75, 3.05) is 24.6 Å². The highest BCUT2D eigenvalue weighted by Gasteiger charge is 2.29. The van der Waals surface area contributed by atoms with Gasteiger partial charge in [0.1, 0.15) is 0 Å². The molecule has 1 aromatic carbocycles. The second kappa shape index (κ2) is 6.01. The van der Waals surface area contributed by atoms with Crippen molar-refractivity contribution >= 4 is 31.5 Å². The van der Waals surface area contributed by atoms with Gasteiger partial charge in [0.05, 0.1) is 17.3 Å². The minimum absolute atomic E-state index is 0.0461. The molecular weight excluding hydrogens is 322 g/mol. The highest BCUT2D eigenvalue weighted by atomic mass is 35.5. The van der Waals surface area contributed by atoms with Crippen LogP contribution < -0.4 is 0 Å². The highest BCUT2D eigenvalue weighted by Crippen LogP contribution is 2.15. The summed E-state index contributed by atoms with van der Waals surface area (Å²) in [7, 11) is -6.55. The minimum Gasteiger partial charge on any atom is -0.229 e. The topological polar surface area (TPSA) is 71.5 Å². The number of hydrogen-bond acceptors (Lipinski definition) is 4. The molecule has 1 aliphatic rings. The zero-order chi connectivity index (χ0) is 14.8. The molecule has 0 aliphatic carbocycles. The van der Waals surface area contributed by atoms with E-state index in [0.717, 1.165) is 5.56 Å². The average molecular weight is 338 g/mol. The van der Waals surface area contributed by atoms with E-state index in [1.54, 1.807) is 24.3 Å². The minimum atomic E-state index is -3.47. The third kappa shape index (κ3) is 3.94. The molecule has 0 radical (unpaired) electrons. The van der Waals surface area contributed by atoms with Crippen LogP contribution in [0.4, 0.5) is 0 Å². The molecule has 0 N–H and O–H groups in total. The van der Waals surface area contributed by atoms with Crippen LogP contribution in [0.2, 0.25) is 0 Å². The van der Waals surface area contributed by atoms with E-state index in [1.807, 2.05) is 0 Å². The van der Waals surface area contributed by atoms with Gasteiger partial charge in [-0.15, -0.1) is 11.6 Å². The van der Waals surface area contributed by atoms with Gasteiger partial charge in [0, 0.05) is 19.0 Å². The van der Waals surface area contributed by atoms with Gasteiger partial charge in [-0.05, 0) is 11.1 Å². The fraction of sp³-hybridized carbons (Fsp3) is 0.500. The number of halogens is 1. The van der Waals surface area contributed by atoms with Crippen LogP contribution in [0.3, 0.4) is 0 Å². The fourth-order valence-corrected chi connectivity index (χ4v) is 5.15. The van der Waals surface area contributed by atoms with Crippen molar-refractivity contribution in [2.45, 2.75) is 11.6 Å². The fourth-order valence-electron chi connectivity index (χ4n) is 2.00. The number of rotatable bonds is 4. The van der Waals surface area contributed by atoms with Gasteiger partial charge in [0.15, 0.2) is 9.84 Å². The number of sulfone groups is 1. The molecule has 0 unspecified atom stereocenters. The second-order valence-corrected chi connectivity index (χ2v) is 9.30. The molecule has 0 spiro atoms. The Labute approximate surface area is 124 Å². The molecule has 0 bridgehead atoms. The molecule has 0 aromatic heterocycles. The Hall–Kier alpha value is -0.630. The summed E-state index contributed by atoms with van der Waals surface area (Å²) in [5.41, 5.74) is 1.60. The first-order chi connectivity index (χ1) is 9.32. The van der Waals surface area contributed by atoms with E-state index < -0.39 is 19.9 Å². The van der Waals surface area contributed by atoms with Gasteiger partial charge in [-0.1, -0.05) is 24.3 Å². The van der Waals surface area contributed by atoms with E-state index >= 15 is 0 Å². The molecule has 5 nitrogen and oxygen atoms in total. The van der Waals surface area contributed by atoms with E-state index in [4.69, 9.17) is 11.6 Å². The Kier molecular flexibility index (Phi) is 4.73. The zero-order valence-corrected chi connectivity index (χ0v) is 13.2. The monoisotopic (exact) mass is 337 g/mol. The van der Waals surface area contributed by atoms with Crippen molar-refractivity contribution in [1.29, 1.82) is 0 Å². The number of benzene rings is 1. The summed E-state index contributed by atoms with van der Waals surface area (Å²) in [6.45, 7) is 0.0921. The van der Waals surface area contributed by atoms with Gasteiger partial charge >= 0.3 is 0 Å². The molecule has 1 fully saturated rings. The van der Waals surface area contributed by atoms with Crippen molar-refractivity contribution in [3.05, 3.63) is 35.4 Å². The van der Waals surface area contributed by atoms with Crippen LogP contribution in [-0.2, 0) is 31.5 Å². The van der Waals surface area contributed by atoms with Crippen molar-refractivity contribution in [3.8, 4) is 0 Å². The van der Waals surface area contributed by atoms with E-state index in [2.05, 4.69) is 0 Å². The third-order valence-corrected chi connectivity index (χ3v) is 6.99. The zero-order valence-electron chi connectivity index (χ0n) is 10.8. The van der Waals surface area contributed by atoms with Crippen LogP contribution in [0, 0.1) is 0 Å². The molecule has 1 aromatic rings.